The van der Waals surface area contributed by atoms with Crippen molar-refractivity contribution in [1.29, 1.82) is 0 Å². The quantitative estimate of drug-likeness (QED) is 0.240. The van der Waals surface area contributed by atoms with Crippen LogP contribution in [0.1, 0.15) is 36.1 Å². The number of Topliss-reactive ketones (excluding diaryl/α,β-unsaturated/α-hetero) is 1. The van der Waals surface area contributed by atoms with Crippen LogP contribution in [0.2, 0.25) is 0 Å². The molecule has 1 fully saturated rings. The third-order valence-electron chi connectivity index (χ3n) is 6.34. The summed E-state index contributed by atoms with van der Waals surface area (Å²) >= 11 is 0. The number of anilines is 2. The van der Waals surface area contributed by atoms with E-state index in [9.17, 15) is 19.5 Å². The third kappa shape index (κ3) is 5.39. The van der Waals surface area contributed by atoms with E-state index in [-0.39, 0.29) is 17.8 Å². The van der Waals surface area contributed by atoms with Gasteiger partial charge in [-0.05, 0) is 66.1 Å². The number of carboxylic acid groups (broad SMARTS) is 1. The summed E-state index contributed by atoms with van der Waals surface area (Å²) in [4.78, 5) is 41.1. The van der Waals surface area contributed by atoms with Crippen molar-refractivity contribution < 1.29 is 29.3 Å². The van der Waals surface area contributed by atoms with Gasteiger partial charge in [-0.15, -0.1) is 0 Å². The largest absolute Gasteiger partial charge is 0.507 e. The molecule has 0 aromatic heterocycles. The normalized spacial score (nSPS) is 16.5. The zero-order valence-electron chi connectivity index (χ0n) is 21.5. The number of aliphatic hydroxyl groups is 1. The number of rotatable bonds is 9. The second-order valence-electron chi connectivity index (χ2n) is 9.26. The molecule has 4 rings (SSSR count). The molecule has 8 nitrogen and oxygen atoms in total. The second kappa shape index (κ2) is 11.2. The molecule has 3 aromatic carbocycles. The Kier molecular flexibility index (Phi) is 7.81. The summed E-state index contributed by atoms with van der Waals surface area (Å²) in [6.07, 6.45) is 0.696. The molecule has 2 N–H and O–H groups in total. The van der Waals surface area contributed by atoms with Crippen LogP contribution in [-0.4, -0.2) is 48.6 Å². The Morgan fingerprint density at radius 1 is 0.921 bits per heavy atom. The van der Waals surface area contributed by atoms with Crippen LogP contribution in [0.25, 0.3) is 5.76 Å². The molecule has 1 aliphatic rings. The Balaban J connectivity index is 1.81. The van der Waals surface area contributed by atoms with Crippen LogP contribution in [-0.2, 0) is 20.8 Å². The van der Waals surface area contributed by atoms with Crippen LogP contribution in [0.4, 0.5) is 11.4 Å². The van der Waals surface area contributed by atoms with E-state index in [1.165, 1.54) is 4.90 Å². The number of ketones is 1. The summed E-state index contributed by atoms with van der Waals surface area (Å²) in [5.41, 5.74) is 2.93. The Hall–Kier alpha value is -4.59. The topological polar surface area (TPSA) is 107 Å². The Morgan fingerprint density at radius 3 is 2.11 bits per heavy atom. The summed E-state index contributed by atoms with van der Waals surface area (Å²) in [5, 5.41) is 20.4. The van der Waals surface area contributed by atoms with Gasteiger partial charge in [0.2, 0.25) is 0 Å². The molecule has 196 valence electrons. The summed E-state index contributed by atoms with van der Waals surface area (Å²) in [5.74, 6) is -2.18. The van der Waals surface area contributed by atoms with Gasteiger partial charge in [-0.25, -0.2) is 0 Å². The summed E-state index contributed by atoms with van der Waals surface area (Å²) in [6, 6.07) is 19.7. The predicted molar refractivity (Wildman–Crippen MR) is 146 cm³/mol. The minimum Gasteiger partial charge on any atom is -0.507 e. The Morgan fingerprint density at radius 2 is 1.55 bits per heavy atom. The fourth-order valence-corrected chi connectivity index (χ4v) is 4.40. The van der Waals surface area contributed by atoms with Gasteiger partial charge in [-0.1, -0.05) is 31.2 Å². The lowest BCUT2D eigenvalue weighted by Gasteiger charge is -2.26. The number of ether oxygens (including phenoxy) is 1. The SMILES string of the molecule is CCCOc1ccc(/C(O)=C2/C(=O)C(=O)N(c3ccc(CC(=O)O)cc3)C2c2ccc(N(C)C)cc2)cc1. The maximum absolute atomic E-state index is 13.4. The van der Waals surface area contributed by atoms with Crippen molar-refractivity contribution in [3.63, 3.8) is 0 Å². The number of carbonyl (C=O) groups excluding carboxylic acids is 2. The lowest BCUT2D eigenvalue weighted by Crippen LogP contribution is -2.29. The van der Waals surface area contributed by atoms with Crippen molar-refractivity contribution >= 4 is 34.8 Å². The van der Waals surface area contributed by atoms with E-state index in [2.05, 4.69) is 0 Å². The number of aliphatic hydroxyl groups excluding tert-OH is 1. The van der Waals surface area contributed by atoms with E-state index in [0.29, 0.717) is 34.7 Å². The summed E-state index contributed by atoms with van der Waals surface area (Å²) in [6.45, 7) is 2.56. The number of amides is 1. The molecule has 0 radical (unpaired) electrons. The van der Waals surface area contributed by atoms with Gasteiger partial charge in [0.05, 0.1) is 24.6 Å². The van der Waals surface area contributed by atoms with Crippen LogP contribution < -0.4 is 14.5 Å². The first-order chi connectivity index (χ1) is 18.2. The number of carbonyl (C=O) groups is 3. The molecule has 1 saturated heterocycles. The van der Waals surface area contributed by atoms with Crippen LogP contribution in [0, 0.1) is 0 Å². The lowest BCUT2D eigenvalue weighted by molar-refractivity contribution is -0.136. The first-order valence-electron chi connectivity index (χ1n) is 12.3. The highest BCUT2D eigenvalue weighted by Crippen LogP contribution is 2.42. The third-order valence-corrected chi connectivity index (χ3v) is 6.34. The molecule has 0 spiro atoms. The fraction of sp³-hybridized carbons (Fsp3) is 0.233. The van der Waals surface area contributed by atoms with Crippen molar-refractivity contribution in [1.82, 2.24) is 0 Å². The van der Waals surface area contributed by atoms with E-state index in [0.717, 1.165) is 12.1 Å². The minimum absolute atomic E-state index is 0.0237. The molecule has 0 saturated carbocycles. The Bertz CT molecular complexity index is 1360. The average Bonchev–Trinajstić information content (AvgIpc) is 3.17. The number of benzene rings is 3. The molecular weight excluding hydrogens is 484 g/mol. The number of aliphatic carboxylic acids is 1. The zero-order valence-corrected chi connectivity index (χ0v) is 21.5. The molecule has 1 amide bonds. The number of hydrogen-bond donors (Lipinski definition) is 2. The summed E-state index contributed by atoms with van der Waals surface area (Å²) in [7, 11) is 3.82. The van der Waals surface area contributed by atoms with Gasteiger partial charge in [0, 0.05) is 31.0 Å². The number of hydrogen-bond acceptors (Lipinski definition) is 6. The standard InChI is InChI=1S/C30H30N2O6/c1-4-17-38-24-15-9-21(10-16-24)28(35)26-27(20-7-13-22(14-8-20)31(2)3)32(30(37)29(26)36)23-11-5-19(6-12-23)18-25(33)34/h5-16,27,35H,4,17-18H2,1-3H3,(H,33,34)/b28-26-. The molecule has 1 aliphatic heterocycles. The van der Waals surface area contributed by atoms with E-state index >= 15 is 0 Å². The number of carboxylic acids is 1. The van der Waals surface area contributed by atoms with Crippen molar-refractivity contribution in [2.75, 3.05) is 30.5 Å². The monoisotopic (exact) mass is 514 g/mol. The first kappa shape index (κ1) is 26.5. The zero-order chi connectivity index (χ0) is 27.4. The Labute approximate surface area is 221 Å². The minimum atomic E-state index is -0.967. The van der Waals surface area contributed by atoms with Crippen molar-refractivity contribution in [3.05, 3.63) is 95.1 Å². The molecular formula is C30H30N2O6. The van der Waals surface area contributed by atoms with Gasteiger partial charge in [-0.2, -0.15) is 0 Å². The van der Waals surface area contributed by atoms with Crippen LogP contribution >= 0.6 is 0 Å². The molecule has 8 heteroatoms. The van der Waals surface area contributed by atoms with Crippen LogP contribution in [0.3, 0.4) is 0 Å². The lowest BCUT2D eigenvalue weighted by atomic mass is 9.94. The average molecular weight is 515 g/mol. The molecule has 38 heavy (non-hydrogen) atoms. The first-order valence-corrected chi connectivity index (χ1v) is 12.3. The highest BCUT2D eigenvalue weighted by atomic mass is 16.5. The van der Waals surface area contributed by atoms with Gasteiger partial charge in [0.15, 0.2) is 0 Å². The van der Waals surface area contributed by atoms with E-state index < -0.39 is 23.7 Å². The molecule has 3 aromatic rings. The highest BCUT2D eigenvalue weighted by molar-refractivity contribution is 6.51. The van der Waals surface area contributed by atoms with Crippen LogP contribution in [0.15, 0.2) is 78.4 Å². The molecule has 1 heterocycles. The van der Waals surface area contributed by atoms with Crippen molar-refractivity contribution in [2.24, 2.45) is 0 Å². The van der Waals surface area contributed by atoms with Gasteiger partial charge >= 0.3 is 5.97 Å². The fourth-order valence-electron chi connectivity index (χ4n) is 4.40. The van der Waals surface area contributed by atoms with Crippen LogP contribution in [0.5, 0.6) is 5.75 Å². The van der Waals surface area contributed by atoms with Gasteiger partial charge in [0.25, 0.3) is 11.7 Å². The van der Waals surface area contributed by atoms with Gasteiger partial charge in [0.1, 0.15) is 11.5 Å². The smallest absolute Gasteiger partial charge is 0.307 e. The molecule has 1 unspecified atom stereocenters. The van der Waals surface area contributed by atoms with E-state index in [1.54, 1.807) is 48.5 Å². The van der Waals surface area contributed by atoms with E-state index in [1.807, 2.05) is 50.2 Å². The van der Waals surface area contributed by atoms with E-state index in [4.69, 9.17) is 9.84 Å². The van der Waals surface area contributed by atoms with Gasteiger partial charge < -0.3 is 19.8 Å². The molecule has 1 atom stereocenters. The predicted octanol–water partition coefficient (Wildman–Crippen LogP) is 4.79. The second-order valence-corrected chi connectivity index (χ2v) is 9.26. The van der Waals surface area contributed by atoms with Crippen molar-refractivity contribution in [2.45, 2.75) is 25.8 Å². The molecule has 0 bridgehead atoms. The summed E-state index contributed by atoms with van der Waals surface area (Å²) < 4.78 is 5.62. The number of nitrogens with zero attached hydrogens (tertiary/aromatic N) is 2. The highest BCUT2D eigenvalue weighted by Gasteiger charge is 2.47. The maximum Gasteiger partial charge on any atom is 0.307 e. The van der Waals surface area contributed by atoms with Gasteiger partial charge in [-0.3, -0.25) is 19.3 Å². The van der Waals surface area contributed by atoms with Crippen molar-refractivity contribution in [3.8, 4) is 5.75 Å². The molecule has 0 aliphatic carbocycles. The maximum atomic E-state index is 13.4.